The second-order valence-electron chi connectivity index (χ2n) is 5.95. The van der Waals surface area contributed by atoms with E-state index in [-0.39, 0.29) is 24.9 Å². The van der Waals surface area contributed by atoms with Crippen molar-refractivity contribution in [3.05, 3.63) is 64.4 Å². The summed E-state index contributed by atoms with van der Waals surface area (Å²) >= 11 is 1.48. The molecule has 1 aliphatic heterocycles. The maximum absolute atomic E-state index is 12.4. The van der Waals surface area contributed by atoms with Gasteiger partial charge in [0.05, 0.1) is 6.54 Å². The zero-order chi connectivity index (χ0) is 17.3. The molecule has 6 heteroatoms. The van der Waals surface area contributed by atoms with Gasteiger partial charge in [0.2, 0.25) is 5.91 Å². The molecule has 1 atom stereocenters. The van der Waals surface area contributed by atoms with Crippen LogP contribution in [0.1, 0.15) is 28.4 Å². The summed E-state index contributed by atoms with van der Waals surface area (Å²) in [5.41, 5.74) is 1.43. The van der Waals surface area contributed by atoms with E-state index in [1.54, 1.807) is 19.1 Å². The van der Waals surface area contributed by atoms with E-state index in [1.807, 2.05) is 29.0 Å². The third kappa shape index (κ3) is 2.98. The Morgan fingerprint density at radius 3 is 2.67 bits per heavy atom. The summed E-state index contributed by atoms with van der Waals surface area (Å²) in [7, 11) is 0. The molecule has 1 unspecified atom stereocenters. The molecule has 0 radical (unpaired) electrons. The standard InChI is InChI=1S/C18H18N2O3S/c1-12-14-5-3-4-6-15(14)17(22)20(12)9-16(21)19-11-18(2,23)13-7-8-24-10-13/h3-8,10,23H,1,9,11H2,2H3,(H,19,21). The van der Waals surface area contributed by atoms with E-state index in [2.05, 4.69) is 11.9 Å². The summed E-state index contributed by atoms with van der Waals surface area (Å²) in [6, 6.07) is 8.97. The molecule has 0 saturated heterocycles. The average Bonchev–Trinajstić information content (AvgIpc) is 3.18. The first kappa shape index (κ1) is 16.4. The van der Waals surface area contributed by atoms with Gasteiger partial charge in [-0.25, -0.2) is 0 Å². The molecule has 0 saturated carbocycles. The van der Waals surface area contributed by atoms with E-state index in [9.17, 15) is 14.7 Å². The number of aliphatic hydroxyl groups is 1. The molecule has 124 valence electrons. The minimum absolute atomic E-state index is 0.0734. The summed E-state index contributed by atoms with van der Waals surface area (Å²) in [5, 5.41) is 16.8. The third-order valence-electron chi connectivity index (χ3n) is 4.11. The van der Waals surface area contributed by atoms with Crippen molar-refractivity contribution in [2.45, 2.75) is 12.5 Å². The molecule has 0 spiro atoms. The van der Waals surface area contributed by atoms with Crippen LogP contribution in [0.2, 0.25) is 0 Å². The van der Waals surface area contributed by atoms with E-state index < -0.39 is 5.60 Å². The quantitative estimate of drug-likeness (QED) is 0.875. The molecule has 0 fully saturated rings. The Balaban J connectivity index is 1.62. The highest BCUT2D eigenvalue weighted by Gasteiger charge is 2.32. The lowest BCUT2D eigenvalue weighted by molar-refractivity contribution is -0.122. The van der Waals surface area contributed by atoms with Gasteiger partial charge in [-0.05, 0) is 35.4 Å². The predicted molar refractivity (Wildman–Crippen MR) is 93.4 cm³/mol. The number of amides is 2. The number of hydrogen-bond donors (Lipinski definition) is 2. The maximum atomic E-state index is 12.4. The molecule has 0 aliphatic carbocycles. The molecule has 0 bridgehead atoms. The first-order valence-electron chi connectivity index (χ1n) is 7.52. The average molecular weight is 342 g/mol. The molecule has 1 aromatic heterocycles. The van der Waals surface area contributed by atoms with E-state index in [4.69, 9.17) is 0 Å². The van der Waals surface area contributed by atoms with Crippen LogP contribution >= 0.6 is 11.3 Å². The first-order valence-corrected chi connectivity index (χ1v) is 8.46. The predicted octanol–water partition coefficient (Wildman–Crippen LogP) is 2.20. The van der Waals surface area contributed by atoms with Crippen LogP contribution in [-0.2, 0) is 10.4 Å². The van der Waals surface area contributed by atoms with Crippen LogP contribution in [-0.4, -0.2) is 34.9 Å². The van der Waals surface area contributed by atoms with Crippen LogP contribution < -0.4 is 5.32 Å². The van der Waals surface area contributed by atoms with Crippen LogP contribution in [0.3, 0.4) is 0 Å². The van der Waals surface area contributed by atoms with Gasteiger partial charge < -0.3 is 10.4 Å². The van der Waals surface area contributed by atoms with Crippen molar-refractivity contribution < 1.29 is 14.7 Å². The van der Waals surface area contributed by atoms with Gasteiger partial charge in [-0.3, -0.25) is 14.5 Å². The molecule has 2 aromatic rings. The second-order valence-corrected chi connectivity index (χ2v) is 6.73. The van der Waals surface area contributed by atoms with Crippen molar-refractivity contribution in [2.75, 3.05) is 13.1 Å². The van der Waals surface area contributed by atoms with Gasteiger partial charge in [-0.15, -0.1) is 0 Å². The van der Waals surface area contributed by atoms with Gasteiger partial charge in [-0.1, -0.05) is 24.8 Å². The molecule has 3 rings (SSSR count). The van der Waals surface area contributed by atoms with Crippen LogP contribution in [0.5, 0.6) is 0 Å². The van der Waals surface area contributed by atoms with Gasteiger partial charge in [0, 0.05) is 16.8 Å². The monoisotopic (exact) mass is 342 g/mol. The molecule has 2 amide bonds. The van der Waals surface area contributed by atoms with E-state index in [1.165, 1.54) is 16.2 Å². The fourth-order valence-electron chi connectivity index (χ4n) is 2.65. The third-order valence-corrected chi connectivity index (χ3v) is 4.80. The lowest BCUT2D eigenvalue weighted by Crippen LogP contribution is -2.43. The molecule has 5 nitrogen and oxygen atoms in total. The van der Waals surface area contributed by atoms with Crippen molar-refractivity contribution in [1.29, 1.82) is 0 Å². The van der Waals surface area contributed by atoms with Crippen LogP contribution in [0.15, 0.2) is 47.7 Å². The zero-order valence-electron chi connectivity index (χ0n) is 13.3. The number of fused-ring (bicyclic) bond motifs is 1. The van der Waals surface area contributed by atoms with Crippen LogP contribution in [0.4, 0.5) is 0 Å². The SMILES string of the molecule is C=C1c2ccccc2C(=O)N1CC(=O)NCC(C)(O)c1ccsc1. The fraction of sp³-hybridized carbons (Fsp3) is 0.222. The zero-order valence-corrected chi connectivity index (χ0v) is 14.1. The first-order chi connectivity index (χ1) is 11.4. The van der Waals surface area contributed by atoms with E-state index in [0.29, 0.717) is 11.3 Å². The Morgan fingerprint density at radius 1 is 1.33 bits per heavy atom. The topological polar surface area (TPSA) is 69.6 Å². The summed E-state index contributed by atoms with van der Waals surface area (Å²) in [4.78, 5) is 25.9. The lowest BCUT2D eigenvalue weighted by Gasteiger charge is -2.24. The van der Waals surface area contributed by atoms with Gasteiger partial charge in [0.1, 0.15) is 12.1 Å². The van der Waals surface area contributed by atoms with E-state index >= 15 is 0 Å². The van der Waals surface area contributed by atoms with Gasteiger partial charge in [-0.2, -0.15) is 11.3 Å². The van der Waals surface area contributed by atoms with Crippen molar-refractivity contribution in [1.82, 2.24) is 10.2 Å². The van der Waals surface area contributed by atoms with Gasteiger partial charge >= 0.3 is 0 Å². The molecule has 2 N–H and O–H groups in total. The number of thiophene rings is 1. The Kier molecular flexibility index (Phi) is 4.26. The molecular weight excluding hydrogens is 324 g/mol. The number of rotatable bonds is 5. The van der Waals surface area contributed by atoms with Crippen molar-refractivity contribution in [2.24, 2.45) is 0 Å². The highest BCUT2D eigenvalue weighted by molar-refractivity contribution is 7.08. The van der Waals surface area contributed by atoms with Crippen LogP contribution in [0, 0.1) is 0 Å². The maximum Gasteiger partial charge on any atom is 0.259 e. The Hall–Kier alpha value is -2.44. The molecular formula is C18H18N2O3S. The largest absolute Gasteiger partial charge is 0.384 e. The fourth-order valence-corrected chi connectivity index (χ4v) is 3.43. The number of benzene rings is 1. The van der Waals surface area contributed by atoms with Crippen molar-refractivity contribution >= 4 is 28.8 Å². The Bertz CT molecular complexity index is 761. The number of carbonyl (C=O) groups is 2. The molecule has 2 heterocycles. The number of hydrogen-bond acceptors (Lipinski definition) is 4. The van der Waals surface area contributed by atoms with E-state index in [0.717, 1.165) is 11.1 Å². The van der Waals surface area contributed by atoms with Crippen molar-refractivity contribution in [3.63, 3.8) is 0 Å². The summed E-state index contributed by atoms with van der Waals surface area (Å²) in [5.74, 6) is -0.567. The molecule has 24 heavy (non-hydrogen) atoms. The number of nitrogens with zero attached hydrogens (tertiary/aromatic N) is 1. The summed E-state index contributed by atoms with van der Waals surface area (Å²) in [6.45, 7) is 5.51. The normalized spacial score (nSPS) is 16.0. The second kappa shape index (κ2) is 6.22. The Labute approximate surface area is 144 Å². The highest BCUT2D eigenvalue weighted by atomic mass is 32.1. The molecule has 1 aliphatic rings. The minimum Gasteiger partial charge on any atom is -0.384 e. The van der Waals surface area contributed by atoms with Gasteiger partial charge in [0.15, 0.2) is 0 Å². The number of carbonyl (C=O) groups excluding carboxylic acids is 2. The molecule has 1 aromatic carbocycles. The van der Waals surface area contributed by atoms with Gasteiger partial charge in [0.25, 0.3) is 5.91 Å². The lowest BCUT2D eigenvalue weighted by atomic mass is 9.99. The number of nitrogens with one attached hydrogen (secondary N) is 1. The van der Waals surface area contributed by atoms with Crippen molar-refractivity contribution in [3.8, 4) is 0 Å². The highest BCUT2D eigenvalue weighted by Crippen LogP contribution is 2.30. The Morgan fingerprint density at radius 2 is 2.04 bits per heavy atom. The summed E-state index contributed by atoms with van der Waals surface area (Å²) < 4.78 is 0. The van der Waals surface area contributed by atoms with Crippen LogP contribution in [0.25, 0.3) is 5.70 Å². The minimum atomic E-state index is -1.15. The smallest absolute Gasteiger partial charge is 0.259 e. The summed E-state index contributed by atoms with van der Waals surface area (Å²) in [6.07, 6.45) is 0.